The molecule has 4 aromatic rings. The Balaban J connectivity index is 1.26. The number of hydrogen-bond acceptors (Lipinski definition) is 7. The van der Waals surface area contributed by atoms with E-state index >= 15 is 4.39 Å². The van der Waals surface area contributed by atoms with E-state index in [1.807, 2.05) is 12.1 Å². The largest absolute Gasteiger partial charge is 0.461 e. The van der Waals surface area contributed by atoms with Crippen molar-refractivity contribution in [2.45, 2.75) is 75.5 Å². The normalized spacial score (nSPS) is 26.6. The minimum absolute atomic E-state index is 0.00337. The van der Waals surface area contributed by atoms with Crippen LogP contribution >= 0.6 is 0 Å². The monoisotopic (exact) mass is 606 g/mol. The van der Waals surface area contributed by atoms with Crippen LogP contribution in [-0.4, -0.2) is 69.8 Å². The average Bonchev–Trinajstić information content (AvgIpc) is 3.72. The van der Waals surface area contributed by atoms with Gasteiger partial charge in [-0.2, -0.15) is 9.97 Å². The van der Waals surface area contributed by atoms with Crippen LogP contribution in [0.1, 0.15) is 56.7 Å². The maximum atomic E-state index is 17.1. The molecule has 0 amide bonds. The third kappa shape index (κ3) is 4.04. The van der Waals surface area contributed by atoms with E-state index in [1.165, 1.54) is 6.07 Å². The minimum Gasteiger partial charge on any atom is -0.461 e. The van der Waals surface area contributed by atoms with Crippen LogP contribution in [-0.2, 0) is 6.42 Å². The number of nitrogens with zero attached hydrogens (tertiary/aromatic N) is 5. The maximum Gasteiger partial charge on any atom is 0.319 e. The van der Waals surface area contributed by atoms with Gasteiger partial charge in [-0.1, -0.05) is 37.1 Å². The molecule has 0 aliphatic carbocycles. The van der Waals surface area contributed by atoms with E-state index in [-0.39, 0.29) is 40.3 Å². The molecule has 230 valence electrons. The summed E-state index contributed by atoms with van der Waals surface area (Å²) in [5, 5.41) is 5.69. The average molecular weight is 607 g/mol. The Morgan fingerprint density at radius 1 is 1.07 bits per heavy atom. The summed E-state index contributed by atoms with van der Waals surface area (Å²) in [4.78, 5) is 19.8. The number of rotatable bonds is 4. The first kappa shape index (κ1) is 27.4. The predicted molar refractivity (Wildman–Crippen MR) is 170 cm³/mol. The topological polar surface area (TPSA) is 66.4 Å². The first-order valence-electron chi connectivity index (χ1n) is 16.4. The molecule has 5 aliphatic heterocycles. The third-order valence-corrected chi connectivity index (χ3v) is 11.3. The molecule has 45 heavy (non-hydrogen) atoms. The number of hydrogen-bond donors (Lipinski definition) is 1. The summed E-state index contributed by atoms with van der Waals surface area (Å²) >= 11 is 0. The van der Waals surface area contributed by atoms with E-state index in [0.717, 1.165) is 75.1 Å². The summed E-state index contributed by atoms with van der Waals surface area (Å²) in [7, 11) is 0. The van der Waals surface area contributed by atoms with Gasteiger partial charge in [-0.3, -0.25) is 4.90 Å². The number of aromatic nitrogens is 3. The van der Waals surface area contributed by atoms with Gasteiger partial charge in [-0.25, -0.2) is 13.8 Å². The molecule has 2 aromatic heterocycles. The number of fused-ring (bicyclic) bond motifs is 7. The van der Waals surface area contributed by atoms with Crippen LogP contribution in [0.2, 0.25) is 0 Å². The van der Waals surface area contributed by atoms with Crippen molar-refractivity contribution in [2.24, 2.45) is 5.92 Å². The van der Waals surface area contributed by atoms with Crippen LogP contribution < -0.4 is 15.0 Å². The zero-order valence-corrected chi connectivity index (χ0v) is 25.5. The van der Waals surface area contributed by atoms with Crippen molar-refractivity contribution < 1.29 is 13.5 Å². The second-order valence-corrected chi connectivity index (χ2v) is 13.8. The SMILES string of the molecule is C#Cc1c(F)ccc2cccc(-c3nc4c5c(nc(OCC67CCCN6CCC7)nc5c3F)N3C[C@H]5CC[C@H](N5)[C@@H]3[C@@H](C)C4)c12. The lowest BCUT2D eigenvalue weighted by molar-refractivity contribution is 0.108. The van der Waals surface area contributed by atoms with Gasteiger partial charge >= 0.3 is 6.01 Å². The van der Waals surface area contributed by atoms with Crippen LogP contribution in [0.25, 0.3) is 32.9 Å². The molecule has 4 atom stereocenters. The molecule has 4 fully saturated rings. The fourth-order valence-electron chi connectivity index (χ4n) is 9.35. The minimum atomic E-state index is -0.562. The Labute approximate surface area is 261 Å². The van der Waals surface area contributed by atoms with Gasteiger partial charge in [0.25, 0.3) is 0 Å². The molecular formula is C36H36F2N6O. The highest BCUT2D eigenvalue weighted by Crippen LogP contribution is 2.45. The number of halogens is 2. The molecule has 7 heterocycles. The fraction of sp³-hybridized carbons (Fsp3) is 0.472. The first-order chi connectivity index (χ1) is 21.9. The maximum absolute atomic E-state index is 17.1. The number of piperazine rings is 1. The van der Waals surface area contributed by atoms with Crippen molar-refractivity contribution in [3.63, 3.8) is 0 Å². The van der Waals surface area contributed by atoms with Gasteiger partial charge in [0.05, 0.1) is 22.2 Å². The second kappa shape index (κ2) is 10.1. The Hall–Kier alpha value is -3.87. The Morgan fingerprint density at radius 2 is 1.91 bits per heavy atom. The quantitative estimate of drug-likeness (QED) is 0.303. The molecule has 9 heteroatoms. The highest BCUT2D eigenvalue weighted by molar-refractivity contribution is 6.02. The number of terminal acetylenes is 1. The summed E-state index contributed by atoms with van der Waals surface area (Å²) in [6, 6.07) is 9.58. The van der Waals surface area contributed by atoms with Crippen molar-refractivity contribution in [2.75, 3.05) is 31.1 Å². The fourth-order valence-corrected chi connectivity index (χ4v) is 9.35. The van der Waals surface area contributed by atoms with Crippen molar-refractivity contribution in [3.8, 4) is 29.6 Å². The van der Waals surface area contributed by atoms with Crippen molar-refractivity contribution in [3.05, 3.63) is 53.2 Å². The molecule has 0 saturated carbocycles. The predicted octanol–water partition coefficient (Wildman–Crippen LogP) is 5.61. The van der Waals surface area contributed by atoms with Gasteiger partial charge in [-0.15, -0.1) is 6.42 Å². The number of ether oxygens (including phenoxy) is 1. The smallest absolute Gasteiger partial charge is 0.319 e. The number of benzene rings is 2. The standard InChI is InChI=1S/C36H36F2N6O/c1-3-23-25(37)11-9-21-7-4-8-24(28(21)23)31-30(38)32-29-27(40-31)17-20(2)33-26-12-10-22(39-26)18-44(33)34(29)42-35(41-32)45-19-36-13-5-15-43(36)16-6-14-36/h1,4,7-9,11,20,22,26,33,39H,5-6,10,12-19H2,2H3/t20-,22+,26-,33-/m0/s1. The van der Waals surface area contributed by atoms with E-state index in [0.29, 0.717) is 41.4 Å². The second-order valence-electron chi connectivity index (χ2n) is 13.8. The number of pyridine rings is 1. The molecule has 0 radical (unpaired) electrons. The lowest BCUT2D eigenvalue weighted by Crippen LogP contribution is -2.60. The molecular weight excluding hydrogens is 570 g/mol. The van der Waals surface area contributed by atoms with Gasteiger partial charge < -0.3 is 15.0 Å². The summed E-state index contributed by atoms with van der Waals surface area (Å²) in [5.41, 5.74) is 1.66. The zero-order valence-electron chi connectivity index (χ0n) is 25.5. The third-order valence-electron chi connectivity index (χ3n) is 11.3. The summed E-state index contributed by atoms with van der Waals surface area (Å²) in [6.07, 6.45) is 13.2. The highest BCUT2D eigenvalue weighted by atomic mass is 19.1. The zero-order chi connectivity index (χ0) is 30.4. The molecule has 7 nitrogen and oxygen atoms in total. The van der Waals surface area contributed by atoms with E-state index in [9.17, 15) is 4.39 Å². The molecule has 0 spiro atoms. The van der Waals surface area contributed by atoms with Gasteiger partial charge in [0.1, 0.15) is 29.5 Å². The summed E-state index contributed by atoms with van der Waals surface area (Å²) in [6.45, 7) is 5.73. The Bertz CT molecular complexity index is 1910. The van der Waals surface area contributed by atoms with Crippen LogP contribution in [0, 0.1) is 29.9 Å². The molecule has 2 aromatic carbocycles. The van der Waals surface area contributed by atoms with Gasteiger partial charge in [0, 0.05) is 35.6 Å². The Morgan fingerprint density at radius 3 is 2.73 bits per heavy atom. The molecule has 0 unspecified atom stereocenters. The lowest BCUT2D eigenvalue weighted by Gasteiger charge is -2.43. The summed E-state index contributed by atoms with van der Waals surface area (Å²) in [5.74, 6) is 2.37. The van der Waals surface area contributed by atoms with Gasteiger partial charge in [0.2, 0.25) is 0 Å². The molecule has 4 saturated heterocycles. The van der Waals surface area contributed by atoms with Gasteiger partial charge in [0.15, 0.2) is 5.82 Å². The lowest BCUT2D eigenvalue weighted by atomic mass is 9.89. The van der Waals surface area contributed by atoms with Crippen LogP contribution in [0.4, 0.5) is 14.6 Å². The molecule has 1 N–H and O–H groups in total. The van der Waals surface area contributed by atoms with Crippen LogP contribution in [0.3, 0.4) is 0 Å². The molecule has 5 aliphatic rings. The van der Waals surface area contributed by atoms with E-state index in [1.54, 1.807) is 12.1 Å². The van der Waals surface area contributed by atoms with Crippen molar-refractivity contribution in [1.82, 2.24) is 25.2 Å². The van der Waals surface area contributed by atoms with Gasteiger partial charge in [-0.05, 0) is 75.4 Å². The van der Waals surface area contributed by atoms with E-state index < -0.39 is 11.6 Å². The number of nitrogens with one attached hydrogen (secondary N) is 1. The van der Waals surface area contributed by atoms with Crippen LogP contribution in [0.15, 0.2) is 30.3 Å². The van der Waals surface area contributed by atoms with E-state index in [2.05, 4.69) is 28.0 Å². The molecule has 2 bridgehead atoms. The van der Waals surface area contributed by atoms with Crippen molar-refractivity contribution >= 4 is 27.5 Å². The number of anilines is 1. The highest BCUT2D eigenvalue weighted by Gasteiger charge is 2.47. The van der Waals surface area contributed by atoms with Crippen molar-refractivity contribution in [1.29, 1.82) is 0 Å². The summed E-state index contributed by atoms with van der Waals surface area (Å²) < 4.78 is 38.6. The Kier molecular flexibility index (Phi) is 6.14. The van der Waals surface area contributed by atoms with Crippen LogP contribution in [0.5, 0.6) is 6.01 Å². The first-order valence-corrected chi connectivity index (χ1v) is 16.4. The molecule has 9 rings (SSSR count). The van der Waals surface area contributed by atoms with E-state index in [4.69, 9.17) is 26.1 Å².